The second-order valence-corrected chi connectivity index (χ2v) is 8.34. The smallest absolute Gasteiger partial charge is 0.395 e. The van der Waals surface area contributed by atoms with Crippen molar-refractivity contribution in [1.29, 1.82) is 0 Å². The van der Waals surface area contributed by atoms with Crippen LogP contribution in [0.2, 0.25) is 10.0 Å². The minimum atomic E-state index is -3.79. The van der Waals surface area contributed by atoms with Crippen molar-refractivity contribution in [2.45, 2.75) is 36.5 Å². The van der Waals surface area contributed by atoms with E-state index in [9.17, 15) is 18.4 Å². The molecule has 158 valence electrons. The van der Waals surface area contributed by atoms with E-state index in [2.05, 4.69) is 9.47 Å². The average molecular weight is 457 g/mol. The normalized spacial score (nSPS) is 19.8. The summed E-state index contributed by atoms with van der Waals surface area (Å²) in [5.74, 6) is -2.01. The van der Waals surface area contributed by atoms with Gasteiger partial charge in [-0.25, -0.2) is 0 Å². The Bertz CT molecular complexity index is 1070. The molecule has 6 nitrogen and oxygen atoms in total. The number of carbonyl (C=O) groups is 2. The Labute approximate surface area is 180 Å². The molecule has 1 heterocycles. The number of ketones is 1. The van der Waals surface area contributed by atoms with E-state index in [1.54, 1.807) is 12.1 Å². The number of alkyl halides is 2. The van der Waals surface area contributed by atoms with Crippen LogP contribution in [-0.4, -0.2) is 23.5 Å². The highest BCUT2D eigenvalue weighted by molar-refractivity contribution is 6.35. The fraction of sp³-hybridized carbons (Fsp3) is 0.300. The lowest BCUT2D eigenvalue weighted by molar-refractivity contribution is -0.286. The average Bonchev–Trinajstić information content (AvgIpc) is 3.37. The molecule has 4 N–H and O–H groups in total. The number of primary amides is 1. The Morgan fingerprint density at radius 1 is 1.07 bits per heavy atom. The van der Waals surface area contributed by atoms with Crippen LogP contribution in [0.4, 0.5) is 8.78 Å². The van der Waals surface area contributed by atoms with Crippen molar-refractivity contribution < 1.29 is 27.8 Å². The van der Waals surface area contributed by atoms with Crippen LogP contribution in [0.15, 0.2) is 36.4 Å². The Morgan fingerprint density at radius 2 is 1.73 bits per heavy atom. The number of fused-ring (bicyclic) bond motifs is 1. The number of hydrogen-bond donors (Lipinski definition) is 2. The highest BCUT2D eigenvalue weighted by Gasteiger charge is 2.59. The van der Waals surface area contributed by atoms with E-state index in [1.807, 2.05) is 0 Å². The van der Waals surface area contributed by atoms with Gasteiger partial charge >= 0.3 is 6.29 Å². The van der Waals surface area contributed by atoms with Gasteiger partial charge in [0.2, 0.25) is 5.91 Å². The highest BCUT2D eigenvalue weighted by Crippen LogP contribution is 2.53. The summed E-state index contributed by atoms with van der Waals surface area (Å²) in [7, 11) is 0. The molecule has 0 bridgehead atoms. The Kier molecular flexibility index (Phi) is 4.72. The van der Waals surface area contributed by atoms with Gasteiger partial charge < -0.3 is 20.9 Å². The van der Waals surface area contributed by atoms with E-state index in [-0.39, 0.29) is 22.9 Å². The summed E-state index contributed by atoms with van der Waals surface area (Å²) in [6, 6.07) is 8.63. The minimum absolute atomic E-state index is 0.164. The van der Waals surface area contributed by atoms with Gasteiger partial charge in [-0.05, 0) is 48.2 Å². The summed E-state index contributed by atoms with van der Waals surface area (Å²) in [4.78, 5) is 25.8. The Morgan fingerprint density at radius 3 is 2.33 bits per heavy atom. The summed E-state index contributed by atoms with van der Waals surface area (Å²) in [5.41, 5.74) is 9.44. The van der Waals surface area contributed by atoms with Crippen LogP contribution in [0, 0.1) is 0 Å². The molecule has 0 spiro atoms. The maximum atomic E-state index is 13.5. The molecule has 1 aliphatic carbocycles. The van der Waals surface area contributed by atoms with Gasteiger partial charge in [-0.15, -0.1) is 8.78 Å². The second kappa shape index (κ2) is 6.80. The number of benzene rings is 2. The van der Waals surface area contributed by atoms with E-state index in [1.165, 1.54) is 24.3 Å². The molecular formula is C20H16Cl2F2N2O4. The zero-order chi connectivity index (χ0) is 21.9. The predicted octanol–water partition coefficient (Wildman–Crippen LogP) is 3.34. The summed E-state index contributed by atoms with van der Waals surface area (Å²) >= 11 is 12.2. The molecule has 0 radical (unpaired) electrons. The molecule has 10 heteroatoms. The first-order valence-corrected chi connectivity index (χ1v) is 9.70. The van der Waals surface area contributed by atoms with Gasteiger partial charge in [0, 0.05) is 16.5 Å². The molecule has 2 aromatic rings. The van der Waals surface area contributed by atoms with Gasteiger partial charge in [-0.3, -0.25) is 9.59 Å². The molecule has 30 heavy (non-hydrogen) atoms. The molecule has 1 fully saturated rings. The van der Waals surface area contributed by atoms with Crippen molar-refractivity contribution >= 4 is 34.9 Å². The van der Waals surface area contributed by atoms with E-state index < -0.39 is 28.9 Å². The summed E-state index contributed by atoms with van der Waals surface area (Å²) < 4.78 is 35.3. The maximum absolute atomic E-state index is 13.5. The first-order chi connectivity index (χ1) is 14.0. The number of carbonyl (C=O) groups excluding carboxylic acids is 2. The summed E-state index contributed by atoms with van der Waals surface area (Å²) in [6.07, 6.45) is -3.22. The number of nitrogens with two attached hydrogens (primary N) is 2. The van der Waals surface area contributed by atoms with Crippen LogP contribution < -0.4 is 20.9 Å². The number of Topliss-reactive ketones (excluding diaryl/α,β-unsaturated/α-hetero) is 1. The number of hydrogen-bond acceptors (Lipinski definition) is 5. The van der Waals surface area contributed by atoms with Crippen LogP contribution in [0.3, 0.4) is 0 Å². The van der Waals surface area contributed by atoms with Crippen molar-refractivity contribution in [3.05, 3.63) is 57.6 Å². The lowest BCUT2D eigenvalue weighted by atomic mass is 9.76. The zero-order valence-corrected chi connectivity index (χ0v) is 16.9. The molecular weight excluding hydrogens is 441 g/mol. The van der Waals surface area contributed by atoms with E-state index in [0.717, 1.165) is 0 Å². The maximum Gasteiger partial charge on any atom is 0.586 e. The van der Waals surface area contributed by atoms with Crippen LogP contribution in [0.5, 0.6) is 11.5 Å². The number of amides is 1. The molecule has 1 saturated carbocycles. The fourth-order valence-electron chi connectivity index (χ4n) is 3.75. The van der Waals surface area contributed by atoms with E-state index in [0.29, 0.717) is 29.0 Å². The molecule has 4 rings (SSSR count). The van der Waals surface area contributed by atoms with Crippen molar-refractivity contribution in [3.8, 4) is 11.5 Å². The molecule has 2 aromatic carbocycles. The molecule has 0 aromatic heterocycles. The van der Waals surface area contributed by atoms with Gasteiger partial charge in [-0.2, -0.15) is 0 Å². The third kappa shape index (κ3) is 3.38. The SMILES string of the molecule is NC(=O)[C@@](N)(Cc1ccc2c(c1)OC(F)(F)O2)C(=O)C1(c2ccc(Cl)cc2Cl)CC1. The van der Waals surface area contributed by atoms with E-state index >= 15 is 0 Å². The topological polar surface area (TPSA) is 105 Å². The third-order valence-electron chi connectivity index (χ3n) is 5.42. The third-order valence-corrected chi connectivity index (χ3v) is 5.97. The number of ether oxygens (including phenoxy) is 2. The van der Waals surface area contributed by atoms with Gasteiger partial charge in [0.05, 0.1) is 5.41 Å². The standard InChI is InChI=1S/C20H16Cl2F2N2O4/c21-11-2-3-12(13(22)8-11)18(5-6-18)16(27)19(26,17(25)28)9-10-1-4-14-15(7-10)30-20(23,24)29-14/h1-4,7-8H,5-6,9,26H2,(H2,25,28)/t19-/m1/s1. The summed E-state index contributed by atoms with van der Waals surface area (Å²) in [6.45, 7) is 0. The molecule has 1 atom stereocenters. The largest absolute Gasteiger partial charge is 0.586 e. The quantitative estimate of drug-likeness (QED) is 0.648. The molecule has 0 saturated heterocycles. The molecule has 2 aliphatic rings. The van der Waals surface area contributed by atoms with Crippen LogP contribution >= 0.6 is 23.2 Å². The van der Waals surface area contributed by atoms with Gasteiger partial charge in [0.25, 0.3) is 0 Å². The second-order valence-electron chi connectivity index (χ2n) is 7.50. The highest BCUT2D eigenvalue weighted by atomic mass is 35.5. The van der Waals surface area contributed by atoms with Crippen molar-refractivity contribution in [2.75, 3.05) is 0 Å². The van der Waals surface area contributed by atoms with Gasteiger partial charge in [0.15, 0.2) is 22.8 Å². The Hall–Kier alpha value is -2.42. The van der Waals surface area contributed by atoms with Crippen LogP contribution in [0.25, 0.3) is 0 Å². The minimum Gasteiger partial charge on any atom is -0.395 e. The molecule has 0 unspecified atom stereocenters. The van der Waals surface area contributed by atoms with Gasteiger partial charge in [0.1, 0.15) is 0 Å². The van der Waals surface area contributed by atoms with E-state index in [4.69, 9.17) is 34.7 Å². The molecule has 1 aliphatic heterocycles. The number of halogens is 4. The fourth-order valence-corrected chi connectivity index (χ4v) is 4.34. The van der Waals surface area contributed by atoms with Crippen LogP contribution in [0.1, 0.15) is 24.0 Å². The van der Waals surface area contributed by atoms with Gasteiger partial charge in [-0.1, -0.05) is 35.3 Å². The lowest BCUT2D eigenvalue weighted by Crippen LogP contribution is -2.62. The monoisotopic (exact) mass is 456 g/mol. The first kappa shape index (κ1) is 20.8. The van der Waals surface area contributed by atoms with Crippen molar-refractivity contribution in [2.24, 2.45) is 11.5 Å². The lowest BCUT2D eigenvalue weighted by Gasteiger charge is -2.30. The Balaban J connectivity index is 1.67. The summed E-state index contributed by atoms with van der Waals surface area (Å²) in [5, 5.41) is 0.684. The zero-order valence-electron chi connectivity index (χ0n) is 15.4. The first-order valence-electron chi connectivity index (χ1n) is 8.95. The predicted molar refractivity (Wildman–Crippen MR) is 105 cm³/mol. The van der Waals surface area contributed by atoms with Crippen LogP contribution in [-0.2, 0) is 21.4 Å². The molecule has 1 amide bonds. The van der Waals surface area contributed by atoms with Crippen molar-refractivity contribution in [1.82, 2.24) is 0 Å². The van der Waals surface area contributed by atoms with Crippen molar-refractivity contribution in [3.63, 3.8) is 0 Å². The number of rotatable bonds is 6.